The van der Waals surface area contributed by atoms with Crippen LogP contribution in [0, 0.1) is 0 Å². The molecular weight excluding hydrogens is 410 g/mol. The summed E-state index contributed by atoms with van der Waals surface area (Å²) in [7, 11) is 1.69. The molecule has 0 spiro atoms. The van der Waals surface area contributed by atoms with E-state index in [-0.39, 0.29) is 5.91 Å². The number of ether oxygens (including phenoxy) is 1. The number of nitrogens with one attached hydrogen (secondary N) is 1. The van der Waals surface area contributed by atoms with Crippen LogP contribution in [0.1, 0.15) is 0 Å². The minimum atomic E-state index is -0.0525. The highest BCUT2D eigenvalue weighted by atomic mass is 32.2. The number of piperazine rings is 1. The number of benzene rings is 2. The first-order valence-corrected chi connectivity index (χ1v) is 11.1. The molecule has 0 radical (unpaired) electrons. The maximum absolute atomic E-state index is 12.2. The number of aromatic nitrogens is 2. The van der Waals surface area contributed by atoms with Crippen LogP contribution in [0.3, 0.4) is 0 Å². The minimum absolute atomic E-state index is 0.0525. The van der Waals surface area contributed by atoms with E-state index >= 15 is 0 Å². The van der Waals surface area contributed by atoms with Gasteiger partial charge < -0.3 is 19.9 Å². The maximum atomic E-state index is 12.2. The number of rotatable bonds is 7. The van der Waals surface area contributed by atoms with Crippen LogP contribution < -0.4 is 19.9 Å². The molecule has 0 atom stereocenters. The second-order valence-electron chi connectivity index (χ2n) is 7.09. The molecule has 4 rings (SSSR count). The number of carbonyl (C=O) groups excluding carboxylic acids is 1. The molecule has 7 nitrogen and oxygen atoms in total. The third-order valence-corrected chi connectivity index (χ3v) is 5.98. The second kappa shape index (κ2) is 10.2. The van der Waals surface area contributed by atoms with E-state index in [0.717, 1.165) is 48.5 Å². The number of amides is 1. The number of para-hydroxylation sites is 1. The van der Waals surface area contributed by atoms with Gasteiger partial charge in [0.15, 0.2) is 0 Å². The highest BCUT2D eigenvalue weighted by molar-refractivity contribution is 7.99. The van der Waals surface area contributed by atoms with Crippen LogP contribution in [0.5, 0.6) is 5.75 Å². The van der Waals surface area contributed by atoms with Crippen LogP contribution >= 0.6 is 11.8 Å². The van der Waals surface area contributed by atoms with Crippen molar-refractivity contribution in [3.8, 4) is 5.75 Å². The Kier molecular flexibility index (Phi) is 6.89. The Bertz CT molecular complexity index is 1010. The number of methoxy groups -OCH3 is 1. The summed E-state index contributed by atoms with van der Waals surface area (Å²) in [5, 5.41) is 3.69. The average molecular weight is 436 g/mol. The predicted octanol–water partition coefficient (Wildman–Crippen LogP) is 3.54. The van der Waals surface area contributed by atoms with Crippen molar-refractivity contribution in [2.24, 2.45) is 0 Å². The van der Waals surface area contributed by atoms with Crippen LogP contribution in [0.2, 0.25) is 0 Å². The summed E-state index contributed by atoms with van der Waals surface area (Å²) < 4.78 is 5.34. The zero-order valence-corrected chi connectivity index (χ0v) is 18.2. The lowest BCUT2D eigenvalue weighted by Crippen LogP contribution is -2.46. The standard InChI is InChI=1S/C23H25N5O2S/c1-30-20-9-5-8-19(14-20)27-10-12-28(13-11-27)21-15-23(25-17-24-21)31-16-22(29)26-18-6-3-2-4-7-18/h2-9,14-15,17H,10-13,16H2,1H3,(H,26,29). The molecule has 1 fully saturated rings. The van der Waals surface area contributed by atoms with Gasteiger partial charge in [-0.15, -0.1) is 0 Å². The van der Waals surface area contributed by atoms with Crippen molar-refractivity contribution >= 4 is 34.9 Å². The van der Waals surface area contributed by atoms with E-state index in [0.29, 0.717) is 5.75 Å². The molecule has 3 aromatic rings. The van der Waals surface area contributed by atoms with Crippen molar-refractivity contribution in [2.75, 3.05) is 54.2 Å². The smallest absolute Gasteiger partial charge is 0.234 e. The number of carbonyl (C=O) groups is 1. The molecule has 2 aromatic carbocycles. The summed E-state index contributed by atoms with van der Waals surface area (Å²) in [5.74, 6) is 2.01. The molecule has 0 aliphatic carbocycles. The van der Waals surface area contributed by atoms with Gasteiger partial charge in [-0.05, 0) is 24.3 Å². The third-order valence-electron chi connectivity index (χ3n) is 5.06. The van der Waals surface area contributed by atoms with E-state index in [1.165, 1.54) is 17.4 Å². The Hall–Kier alpha value is -3.26. The first kappa shape index (κ1) is 21.0. The second-order valence-corrected chi connectivity index (χ2v) is 8.09. The van der Waals surface area contributed by atoms with Crippen molar-refractivity contribution in [1.82, 2.24) is 9.97 Å². The average Bonchev–Trinajstić information content (AvgIpc) is 2.84. The summed E-state index contributed by atoms with van der Waals surface area (Å²) in [6, 6.07) is 19.6. The molecule has 1 aliphatic heterocycles. The third kappa shape index (κ3) is 5.67. The monoisotopic (exact) mass is 435 g/mol. The van der Waals surface area contributed by atoms with Crippen molar-refractivity contribution < 1.29 is 9.53 Å². The van der Waals surface area contributed by atoms with E-state index in [2.05, 4.69) is 37.2 Å². The molecule has 8 heteroatoms. The Morgan fingerprint density at radius 3 is 2.55 bits per heavy atom. The largest absolute Gasteiger partial charge is 0.497 e. The van der Waals surface area contributed by atoms with Gasteiger partial charge in [0.25, 0.3) is 0 Å². The number of hydrogen-bond donors (Lipinski definition) is 1. The quantitative estimate of drug-likeness (QED) is 0.450. The molecular formula is C23H25N5O2S. The zero-order valence-electron chi connectivity index (χ0n) is 17.4. The molecule has 0 unspecified atom stereocenters. The number of nitrogens with zero attached hydrogens (tertiary/aromatic N) is 4. The van der Waals surface area contributed by atoms with Gasteiger partial charge in [0.1, 0.15) is 22.9 Å². The fraction of sp³-hybridized carbons (Fsp3) is 0.261. The van der Waals surface area contributed by atoms with Crippen molar-refractivity contribution in [2.45, 2.75) is 5.03 Å². The lowest BCUT2D eigenvalue weighted by Gasteiger charge is -2.36. The zero-order chi connectivity index (χ0) is 21.5. The summed E-state index contributed by atoms with van der Waals surface area (Å²) in [6.45, 7) is 3.54. The fourth-order valence-electron chi connectivity index (χ4n) is 3.44. The maximum Gasteiger partial charge on any atom is 0.234 e. The molecule has 1 N–H and O–H groups in total. The van der Waals surface area contributed by atoms with Gasteiger partial charge in [-0.1, -0.05) is 36.0 Å². The van der Waals surface area contributed by atoms with Gasteiger partial charge in [-0.25, -0.2) is 9.97 Å². The van der Waals surface area contributed by atoms with E-state index in [9.17, 15) is 4.79 Å². The van der Waals surface area contributed by atoms with Crippen LogP contribution in [0.15, 0.2) is 72.0 Å². The Balaban J connectivity index is 1.31. The van der Waals surface area contributed by atoms with Gasteiger partial charge in [-0.2, -0.15) is 0 Å². The predicted molar refractivity (Wildman–Crippen MR) is 125 cm³/mol. The van der Waals surface area contributed by atoms with Gasteiger partial charge in [0.05, 0.1) is 12.9 Å². The molecule has 1 aromatic heterocycles. The molecule has 0 saturated carbocycles. The molecule has 1 saturated heterocycles. The van der Waals surface area contributed by atoms with Crippen molar-refractivity contribution in [3.63, 3.8) is 0 Å². The van der Waals surface area contributed by atoms with Gasteiger partial charge >= 0.3 is 0 Å². The van der Waals surface area contributed by atoms with Crippen molar-refractivity contribution in [3.05, 3.63) is 67.0 Å². The number of hydrogen-bond acceptors (Lipinski definition) is 7. The lowest BCUT2D eigenvalue weighted by molar-refractivity contribution is -0.113. The van der Waals surface area contributed by atoms with Gasteiger partial charge in [-0.3, -0.25) is 4.79 Å². The van der Waals surface area contributed by atoms with E-state index < -0.39 is 0 Å². The summed E-state index contributed by atoms with van der Waals surface area (Å²) in [5.41, 5.74) is 1.97. The molecule has 0 bridgehead atoms. The minimum Gasteiger partial charge on any atom is -0.497 e. The number of thioether (sulfide) groups is 1. The van der Waals surface area contributed by atoms with Crippen LogP contribution in [-0.2, 0) is 4.79 Å². The van der Waals surface area contributed by atoms with E-state index in [4.69, 9.17) is 4.74 Å². The first-order chi connectivity index (χ1) is 15.2. The van der Waals surface area contributed by atoms with Crippen LogP contribution in [0.25, 0.3) is 0 Å². The van der Waals surface area contributed by atoms with E-state index in [1.807, 2.05) is 48.5 Å². The Morgan fingerprint density at radius 1 is 1.00 bits per heavy atom. The highest BCUT2D eigenvalue weighted by Crippen LogP contribution is 2.25. The lowest BCUT2D eigenvalue weighted by atomic mass is 10.2. The summed E-state index contributed by atoms with van der Waals surface area (Å²) in [4.78, 5) is 25.6. The fourth-order valence-corrected chi connectivity index (χ4v) is 4.10. The Morgan fingerprint density at radius 2 is 1.77 bits per heavy atom. The molecule has 160 valence electrons. The first-order valence-electron chi connectivity index (χ1n) is 10.1. The summed E-state index contributed by atoms with van der Waals surface area (Å²) in [6.07, 6.45) is 1.57. The molecule has 1 aliphatic rings. The molecule has 31 heavy (non-hydrogen) atoms. The normalized spacial score (nSPS) is 13.7. The highest BCUT2D eigenvalue weighted by Gasteiger charge is 2.19. The van der Waals surface area contributed by atoms with Gasteiger partial charge in [0.2, 0.25) is 5.91 Å². The Labute approximate surface area is 186 Å². The van der Waals surface area contributed by atoms with Crippen LogP contribution in [0.4, 0.5) is 17.2 Å². The topological polar surface area (TPSA) is 70.6 Å². The molecule has 2 heterocycles. The molecule has 1 amide bonds. The number of anilines is 3. The van der Waals surface area contributed by atoms with E-state index in [1.54, 1.807) is 13.4 Å². The van der Waals surface area contributed by atoms with Crippen LogP contribution in [-0.4, -0.2) is 54.9 Å². The SMILES string of the molecule is COc1cccc(N2CCN(c3cc(SCC(=O)Nc4ccccc4)ncn3)CC2)c1. The van der Waals surface area contributed by atoms with Crippen molar-refractivity contribution in [1.29, 1.82) is 0 Å². The van der Waals surface area contributed by atoms with Gasteiger partial charge in [0, 0.05) is 49.7 Å². The summed E-state index contributed by atoms with van der Waals surface area (Å²) >= 11 is 1.41.